The van der Waals surface area contributed by atoms with Crippen LogP contribution in [0.15, 0.2) is 28.8 Å². The Morgan fingerprint density at radius 1 is 1.19 bits per heavy atom. The van der Waals surface area contributed by atoms with E-state index in [0.29, 0.717) is 11.7 Å². The zero-order chi connectivity index (χ0) is 11.4. The third-order valence-electron chi connectivity index (χ3n) is 2.29. The van der Waals surface area contributed by atoms with Crippen LogP contribution < -0.4 is 5.32 Å². The quantitative estimate of drug-likeness (QED) is 0.854. The average Bonchev–Trinajstić information content (AvgIpc) is 2.67. The molecule has 0 aliphatic heterocycles. The molecular formula is C12H15N3O. The predicted molar refractivity (Wildman–Crippen MR) is 62.4 cm³/mol. The van der Waals surface area contributed by atoms with Crippen LogP contribution in [0.2, 0.25) is 0 Å². The SMILES string of the molecule is Cc1ccc(NCCc2nc(C)no2)cc1. The van der Waals surface area contributed by atoms with Crippen molar-refractivity contribution in [1.82, 2.24) is 10.1 Å². The van der Waals surface area contributed by atoms with Crippen molar-refractivity contribution < 1.29 is 4.52 Å². The molecule has 16 heavy (non-hydrogen) atoms. The predicted octanol–water partition coefficient (Wildman–Crippen LogP) is 2.34. The Balaban J connectivity index is 1.82. The van der Waals surface area contributed by atoms with Crippen molar-refractivity contribution in [3.05, 3.63) is 41.5 Å². The van der Waals surface area contributed by atoms with Crippen molar-refractivity contribution in [1.29, 1.82) is 0 Å². The summed E-state index contributed by atoms with van der Waals surface area (Å²) in [4.78, 5) is 4.14. The van der Waals surface area contributed by atoms with Gasteiger partial charge in [0.25, 0.3) is 0 Å². The summed E-state index contributed by atoms with van der Waals surface area (Å²) in [6, 6.07) is 8.29. The lowest BCUT2D eigenvalue weighted by molar-refractivity contribution is 0.377. The third kappa shape index (κ3) is 2.82. The normalized spacial score (nSPS) is 10.4. The number of aromatic nitrogens is 2. The minimum absolute atomic E-state index is 0.678. The van der Waals surface area contributed by atoms with Gasteiger partial charge in [-0.2, -0.15) is 4.98 Å². The Labute approximate surface area is 94.7 Å². The second kappa shape index (κ2) is 4.79. The van der Waals surface area contributed by atoms with Crippen LogP contribution in [0.5, 0.6) is 0 Å². The van der Waals surface area contributed by atoms with Crippen LogP contribution in [-0.4, -0.2) is 16.7 Å². The molecule has 0 amide bonds. The molecule has 2 aromatic rings. The van der Waals surface area contributed by atoms with E-state index in [-0.39, 0.29) is 0 Å². The first-order valence-corrected chi connectivity index (χ1v) is 5.34. The maximum absolute atomic E-state index is 5.02. The number of hydrogen-bond acceptors (Lipinski definition) is 4. The lowest BCUT2D eigenvalue weighted by Gasteiger charge is -2.04. The first-order chi connectivity index (χ1) is 7.74. The van der Waals surface area contributed by atoms with Crippen molar-refractivity contribution in [2.75, 3.05) is 11.9 Å². The zero-order valence-corrected chi connectivity index (χ0v) is 9.53. The average molecular weight is 217 g/mol. The standard InChI is InChI=1S/C12H15N3O/c1-9-3-5-11(6-4-9)13-8-7-12-14-10(2)15-16-12/h3-6,13H,7-8H2,1-2H3. The third-order valence-corrected chi connectivity index (χ3v) is 2.29. The van der Waals surface area contributed by atoms with E-state index in [1.54, 1.807) is 0 Å². The maximum atomic E-state index is 5.02. The van der Waals surface area contributed by atoms with Crippen molar-refractivity contribution in [2.45, 2.75) is 20.3 Å². The fourth-order valence-corrected chi connectivity index (χ4v) is 1.43. The number of hydrogen-bond donors (Lipinski definition) is 1. The lowest BCUT2D eigenvalue weighted by Crippen LogP contribution is -2.04. The van der Waals surface area contributed by atoms with E-state index in [9.17, 15) is 0 Å². The van der Waals surface area contributed by atoms with Gasteiger partial charge in [0.05, 0.1) is 0 Å². The van der Waals surface area contributed by atoms with Gasteiger partial charge in [-0.3, -0.25) is 0 Å². The van der Waals surface area contributed by atoms with Crippen molar-refractivity contribution in [2.24, 2.45) is 0 Å². The molecule has 0 bridgehead atoms. The Bertz CT molecular complexity index is 448. The first-order valence-electron chi connectivity index (χ1n) is 5.34. The number of aryl methyl sites for hydroxylation is 2. The summed E-state index contributed by atoms with van der Waals surface area (Å²) in [5.74, 6) is 1.36. The minimum Gasteiger partial charge on any atom is -0.385 e. The summed E-state index contributed by atoms with van der Waals surface area (Å²) in [5, 5.41) is 7.04. The molecule has 0 saturated carbocycles. The smallest absolute Gasteiger partial charge is 0.228 e. The van der Waals surface area contributed by atoms with Gasteiger partial charge in [0.1, 0.15) is 0 Å². The fourth-order valence-electron chi connectivity index (χ4n) is 1.43. The van der Waals surface area contributed by atoms with Gasteiger partial charge >= 0.3 is 0 Å². The summed E-state index contributed by atoms with van der Waals surface area (Å²) in [6.07, 6.45) is 0.745. The van der Waals surface area contributed by atoms with E-state index >= 15 is 0 Å². The number of anilines is 1. The monoisotopic (exact) mass is 217 g/mol. The molecule has 1 heterocycles. The lowest BCUT2D eigenvalue weighted by atomic mass is 10.2. The van der Waals surface area contributed by atoms with Crippen LogP contribution in [0.1, 0.15) is 17.3 Å². The molecule has 0 radical (unpaired) electrons. The highest BCUT2D eigenvalue weighted by molar-refractivity contribution is 5.44. The highest BCUT2D eigenvalue weighted by Crippen LogP contribution is 2.08. The molecule has 0 aliphatic rings. The molecule has 1 aromatic carbocycles. The van der Waals surface area contributed by atoms with Crippen molar-refractivity contribution >= 4 is 5.69 Å². The molecule has 0 aliphatic carbocycles. The van der Waals surface area contributed by atoms with Crippen LogP contribution in [0.3, 0.4) is 0 Å². The number of nitrogens with one attached hydrogen (secondary N) is 1. The van der Waals surface area contributed by atoms with Crippen LogP contribution in [-0.2, 0) is 6.42 Å². The van der Waals surface area contributed by atoms with E-state index in [1.807, 2.05) is 6.92 Å². The van der Waals surface area contributed by atoms with Crippen LogP contribution in [0.4, 0.5) is 5.69 Å². The molecule has 0 atom stereocenters. The molecule has 0 spiro atoms. The van der Waals surface area contributed by atoms with Gasteiger partial charge in [-0.05, 0) is 26.0 Å². The summed E-state index contributed by atoms with van der Waals surface area (Å²) in [7, 11) is 0. The van der Waals surface area contributed by atoms with Gasteiger partial charge in [-0.1, -0.05) is 22.9 Å². The Kier molecular flexibility index (Phi) is 3.19. The Morgan fingerprint density at radius 2 is 1.94 bits per heavy atom. The van der Waals surface area contributed by atoms with Gasteiger partial charge in [0.15, 0.2) is 5.82 Å². The molecule has 0 fully saturated rings. The number of rotatable bonds is 4. The maximum Gasteiger partial charge on any atom is 0.228 e. The number of nitrogens with zero attached hydrogens (tertiary/aromatic N) is 2. The Morgan fingerprint density at radius 3 is 2.56 bits per heavy atom. The van der Waals surface area contributed by atoms with Gasteiger partial charge in [0.2, 0.25) is 5.89 Å². The zero-order valence-electron chi connectivity index (χ0n) is 9.53. The highest BCUT2D eigenvalue weighted by atomic mass is 16.5. The summed E-state index contributed by atoms with van der Waals surface area (Å²) in [5.41, 5.74) is 2.37. The van der Waals surface area contributed by atoms with Crippen molar-refractivity contribution in [3.63, 3.8) is 0 Å². The Hall–Kier alpha value is -1.84. The van der Waals surface area contributed by atoms with Gasteiger partial charge in [-0.25, -0.2) is 0 Å². The molecular weight excluding hydrogens is 202 g/mol. The number of benzene rings is 1. The van der Waals surface area contributed by atoms with Crippen LogP contribution in [0, 0.1) is 13.8 Å². The van der Waals surface area contributed by atoms with E-state index in [0.717, 1.165) is 18.7 Å². The van der Waals surface area contributed by atoms with E-state index in [2.05, 4.69) is 46.6 Å². The topological polar surface area (TPSA) is 51.0 Å². The second-order valence-electron chi connectivity index (χ2n) is 3.78. The molecule has 1 N–H and O–H groups in total. The fraction of sp³-hybridized carbons (Fsp3) is 0.333. The molecule has 4 heteroatoms. The molecule has 0 unspecified atom stereocenters. The molecule has 84 valence electrons. The van der Waals surface area contributed by atoms with Gasteiger partial charge < -0.3 is 9.84 Å². The largest absolute Gasteiger partial charge is 0.385 e. The molecule has 1 aromatic heterocycles. The molecule has 2 rings (SSSR count). The summed E-state index contributed by atoms with van der Waals surface area (Å²) < 4.78 is 5.02. The van der Waals surface area contributed by atoms with Crippen LogP contribution in [0.25, 0.3) is 0 Å². The van der Waals surface area contributed by atoms with Gasteiger partial charge in [-0.15, -0.1) is 0 Å². The summed E-state index contributed by atoms with van der Waals surface area (Å²) >= 11 is 0. The minimum atomic E-state index is 0.678. The van der Waals surface area contributed by atoms with Crippen molar-refractivity contribution in [3.8, 4) is 0 Å². The van der Waals surface area contributed by atoms with E-state index < -0.39 is 0 Å². The van der Waals surface area contributed by atoms with Gasteiger partial charge in [0, 0.05) is 18.7 Å². The second-order valence-corrected chi connectivity index (χ2v) is 3.78. The molecule has 0 saturated heterocycles. The highest BCUT2D eigenvalue weighted by Gasteiger charge is 2.01. The van der Waals surface area contributed by atoms with Crippen LogP contribution >= 0.6 is 0 Å². The summed E-state index contributed by atoms with van der Waals surface area (Å²) in [6.45, 7) is 4.69. The van der Waals surface area contributed by atoms with E-state index in [4.69, 9.17) is 4.52 Å². The molecule has 4 nitrogen and oxygen atoms in total. The first kappa shape index (κ1) is 10.7. The van der Waals surface area contributed by atoms with E-state index in [1.165, 1.54) is 5.56 Å².